The highest BCUT2D eigenvalue weighted by Gasteiger charge is 2.17. The van der Waals surface area contributed by atoms with E-state index in [1.165, 1.54) is 24.1 Å². The highest BCUT2D eigenvalue weighted by atomic mass is 19.1. The van der Waals surface area contributed by atoms with Crippen molar-refractivity contribution in [1.82, 2.24) is 4.90 Å². The SMILES string of the molecule is COC(=O)CCN(Cc1ccc(F)cc1)C(=O)COc1cc(C)ccc1C. The van der Waals surface area contributed by atoms with E-state index in [0.29, 0.717) is 5.75 Å². The zero-order chi connectivity index (χ0) is 19.8. The lowest BCUT2D eigenvalue weighted by atomic mass is 10.1. The summed E-state index contributed by atoms with van der Waals surface area (Å²) < 4.78 is 23.4. The highest BCUT2D eigenvalue weighted by Crippen LogP contribution is 2.19. The number of amides is 1. The standard InChI is InChI=1S/C21H24FNO4/c1-15-4-5-16(2)19(12-15)27-14-20(24)23(11-10-21(25)26-3)13-17-6-8-18(22)9-7-17/h4-9,12H,10-11,13-14H2,1-3H3. The number of esters is 1. The van der Waals surface area contributed by atoms with Crippen LogP contribution in [0.15, 0.2) is 42.5 Å². The van der Waals surface area contributed by atoms with Crippen LogP contribution in [-0.2, 0) is 20.9 Å². The van der Waals surface area contributed by atoms with Gasteiger partial charge in [-0.25, -0.2) is 4.39 Å². The van der Waals surface area contributed by atoms with Gasteiger partial charge in [-0.3, -0.25) is 9.59 Å². The number of nitrogens with zero attached hydrogens (tertiary/aromatic N) is 1. The zero-order valence-electron chi connectivity index (χ0n) is 15.8. The lowest BCUT2D eigenvalue weighted by Crippen LogP contribution is -2.36. The third-order valence-corrected chi connectivity index (χ3v) is 4.15. The van der Waals surface area contributed by atoms with Gasteiger partial charge < -0.3 is 14.4 Å². The van der Waals surface area contributed by atoms with Gasteiger partial charge in [0.05, 0.1) is 13.5 Å². The largest absolute Gasteiger partial charge is 0.483 e. The molecule has 0 saturated carbocycles. The van der Waals surface area contributed by atoms with Crippen LogP contribution >= 0.6 is 0 Å². The van der Waals surface area contributed by atoms with Gasteiger partial charge in [0.2, 0.25) is 0 Å². The first-order valence-corrected chi connectivity index (χ1v) is 8.68. The van der Waals surface area contributed by atoms with Crippen LogP contribution in [0.2, 0.25) is 0 Å². The molecule has 0 aliphatic carbocycles. The van der Waals surface area contributed by atoms with Gasteiger partial charge in [0.1, 0.15) is 11.6 Å². The lowest BCUT2D eigenvalue weighted by Gasteiger charge is -2.23. The molecule has 0 unspecified atom stereocenters. The molecule has 6 heteroatoms. The fourth-order valence-electron chi connectivity index (χ4n) is 2.52. The van der Waals surface area contributed by atoms with Crippen LogP contribution in [-0.4, -0.2) is 37.0 Å². The molecule has 0 saturated heterocycles. The Kier molecular flexibility index (Phi) is 7.34. The number of hydrogen-bond acceptors (Lipinski definition) is 4. The molecular weight excluding hydrogens is 349 g/mol. The molecular formula is C21H24FNO4. The second kappa shape index (κ2) is 9.71. The summed E-state index contributed by atoms with van der Waals surface area (Å²) in [5.74, 6) is -0.353. The molecule has 144 valence electrons. The highest BCUT2D eigenvalue weighted by molar-refractivity contribution is 5.78. The molecule has 0 spiro atoms. The second-order valence-electron chi connectivity index (χ2n) is 6.33. The first-order valence-electron chi connectivity index (χ1n) is 8.68. The van der Waals surface area contributed by atoms with Crippen LogP contribution in [0.4, 0.5) is 4.39 Å². The van der Waals surface area contributed by atoms with Crippen LogP contribution in [0.3, 0.4) is 0 Å². The number of methoxy groups -OCH3 is 1. The predicted molar refractivity (Wildman–Crippen MR) is 99.9 cm³/mol. The van der Waals surface area contributed by atoms with E-state index in [0.717, 1.165) is 16.7 Å². The molecule has 2 aromatic carbocycles. The monoisotopic (exact) mass is 373 g/mol. The Balaban J connectivity index is 2.05. The Labute approximate surface area is 158 Å². The minimum absolute atomic E-state index is 0.0763. The van der Waals surface area contributed by atoms with Crippen LogP contribution in [0.1, 0.15) is 23.1 Å². The first kappa shape index (κ1) is 20.4. The molecule has 2 rings (SSSR count). The van der Waals surface area contributed by atoms with Crippen molar-refractivity contribution in [3.8, 4) is 5.75 Å². The van der Waals surface area contributed by atoms with E-state index < -0.39 is 5.97 Å². The average molecular weight is 373 g/mol. The Bertz CT molecular complexity index is 789. The molecule has 0 aromatic heterocycles. The number of hydrogen-bond donors (Lipinski definition) is 0. The number of halogens is 1. The maximum absolute atomic E-state index is 13.1. The zero-order valence-corrected chi connectivity index (χ0v) is 15.8. The fraction of sp³-hybridized carbons (Fsp3) is 0.333. The molecule has 0 aliphatic rings. The first-order chi connectivity index (χ1) is 12.9. The maximum atomic E-state index is 13.1. The van der Waals surface area contributed by atoms with Gasteiger partial charge >= 0.3 is 5.97 Å². The van der Waals surface area contributed by atoms with Crippen LogP contribution in [0.5, 0.6) is 5.75 Å². The second-order valence-corrected chi connectivity index (χ2v) is 6.33. The van der Waals surface area contributed by atoms with Gasteiger partial charge in [-0.1, -0.05) is 24.3 Å². The van der Waals surface area contributed by atoms with E-state index in [4.69, 9.17) is 4.74 Å². The van der Waals surface area contributed by atoms with Gasteiger partial charge in [0, 0.05) is 13.1 Å². The van der Waals surface area contributed by atoms with Gasteiger partial charge in [-0.05, 0) is 48.7 Å². The Hall–Kier alpha value is -2.89. The molecule has 1 amide bonds. The van der Waals surface area contributed by atoms with Crippen molar-refractivity contribution in [2.75, 3.05) is 20.3 Å². The maximum Gasteiger partial charge on any atom is 0.307 e. The molecule has 0 radical (unpaired) electrons. The molecule has 0 heterocycles. The van der Waals surface area contributed by atoms with Gasteiger partial charge in [0.25, 0.3) is 5.91 Å². The van der Waals surface area contributed by atoms with Gasteiger partial charge in [0.15, 0.2) is 6.61 Å². The quantitative estimate of drug-likeness (QED) is 0.666. The van der Waals surface area contributed by atoms with E-state index >= 15 is 0 Å². The summed E-state index contributed by atoms with van der Waals surface area (Å²) in [7, 11) is 1.30. The fourth-order valence-corrected chi connectivity index (χ4v) is 2.52. The minimum Gasteiger partial charge on any atom is -0.483 e. The van der Waals surface area contributed by atoms with Crippen molar-refractivity contribution in [2.24, 2.45) is 0 Å². The Morgan fingerprint density at radius 2 is 1.78 bits per heavy atom. The van der Waals surface area contributed by atoms with E-state index in [1.807, 2.05) is 32.0 Å². The molecule has 5 nitrogen and oxygen atoms in total. The molecule has 27 heavy (non-hydrogen) atoms. The summed E-state index contributed by atoms with van der Waals surface area (Å²) in [6.07, 6.45) is 0.0763. The van der Waals surface area contributed by atoms with Crippen LogP contribution in [0.25, 0.3) is 0 Å². The normalized spacial score (nSPS) is 10.4. The third kappa shape index (κ3) is 6.40. The predicted octanol–water partition coefficient (Wildman–Crippen LogP) is 3.41. The van der Waals surface area contributed by atoms with E-state index in [1.54, 1.807) is 12.1 Å². The van der Waals surface area contributed by atoms with E-state index in [-0.39, 0.29) is 37.8 Å². The summed E-state index contributed by atoms with van der Waals surface area (Å²) in [4.78, 5) is 25.6. The molecule has 0 fully saturated rings. The molecule has 2 aromatic rings. The van der Waals surface area contributed by atoms with Crippen molar-refractivity contribution in [2.45, 2.75) is 26.8 Å². The summed E-state index contributed by atoms with van der Waals surface area (Å²) in [5.41, 5.74) is 2.74. The smallest absolute Gasteiger partial charge is 0.307 e. The number of carbonyl (C=O) groups excluding carboxylic acids is 2. The molecule has 0 bridgehead atoms. The van der Waals surface area contributed by atoms with E-state index in [9.17, 15) is 14.0 Å². The number of ether oxygens (including phenoxy) is 2. The summed E-state index contributed by atoms with van der Waals surface area (Å²) in [6, 6.07) is 11.7. The lowest BCUT2D eigenvalue weighted by molar-refractivity contribution is -0.142. The number of benzene rings is 2. The van der Waals surface area contributed by atoms with E-state index in [2.05, 4.69) is 4.74 Å². The third-order valence-electron chi connectivity index (χ3n) is 4.15. The molecule has 0 N–H and O–H groups in total. The van der Waals surface area contributed by atoms with Crippen molar-refractivity contribution in [1.29, 1.82) is 0 Å². The van der Waals surface area contributed by atoms with Crippen molar-refractivity contribution < 1.29 is 23.5 Å². The Morgan fingerprint density at radius 1 is 1.07 bits per heavy atom. The molecule has 0 aliphatic heterocycles. The average Bonchev–Trinajstić information content (AvgIpc) is 2.66. The summed E-state index contributed by atoms with van der Waals surface area (Å²) in [6.45, 7) is 4.16. The molecule has 0 atom stereocenters. The minimum atomic E-state index is -0.401. The number of rotatable bonds is 8. The van der Waals surface area contributed by atoms with Crippen LogP contribution in [0, 0.1) is 19.7 Å². The summed E-state index contributed by atoms with van der Waals surface area (Å²) in [5, 5.41) is 0. The topological polar surface area (TPSA) is 55.8 Å². The van der Waals surface area contributed by atoms with Gasteiger partial charge in [-0.2, -0.15) is 0 Å². The summed E-state index contributed by atoms with van der Waals surface area (Å²) >= 11 is 0. The number of aryl methyl sites for hydroxylation is 2. The number of carbonyl (C=O) groups is 2. The van der Waals surface area contributed by atoms with Gasteiger partial charge in [-0.15, -0.1) is 0 Å². The Morgan fingerprint density at radius 3 is 2.44 bits per heavy atom. The van der Waals surface area contributed by atoms with Crippen molar-refractivity contribution in [3.05, 3.63) is 65.0 Å². The van der Waals surface area contributed by atoms with Crippen molar-refractivity contribution >= 4 is 11.9 Å². The van der Waals surface area contributed by atoms with Crippen LogP contribution < -0.4 is 4.74 Å². The van der Waals surface area contributed by atoms with Crippen molar-refractivity contribution in [3.63, 3.8) is 0 Å².